The number of aliphatic imine (C=N–C) groups is 3. The highest BCUT2D eigenvalue weighted by Gasteiger charge is 2.20. The molecule has 9 aromatic rings. The molecule has 3 aromatic heterocycles. The molecule has 0 spiro atoms. The third-order valence-corrected chi connectivity index (χ3v) is 11.1. The van der Waals surface area contributed by atoms with E-state index in [1.807, 2.05) is 97.9 Å². The van der Waals surface area contributed by atoms with Crippen LogP contribution < -0.4 is 0 Å². The van der Waals surface area contributed by atoms with Crippen LogP contribution >= 0.6 is 11.3 Å². The van der Waals surface area contributed by atoms with E-state index in [0.29, 0.717) is 29.6 Å². The first-order valence-electron chi connectivity index (χ1n) is 19.0. The summed E-state index contributed by atoms with van der Waals surface area (Å²) in [5, 5.41) is 3.14. The fourth-order valence-corrected chi connectivity index (χ4v) is 8.42. The molecular weight excluding hydrogens is 731 g/mol. The van der Waals surface area contributed by atoms with E-state index < -0.39 is 0 Å². The molecule has 0 saturated heterocycles. The SMILES string of the molecule is C=C/C=C(\C=C/C)c1ccc(CN=C(N=C(N=C)c2ccccc2)c2cccc3sc4cc(-c5nc(-c6ccccc6)c6oc7ccccc7c6n5)ccc4c23)cc1. The normalized spacial score (nSPS) is 12.7. The van der Waals surface area contributed by atoms with E-state index in [0.717, 1.165) is 81.3 Å². The zero-order valence-electron chi connectivity index (χ0n) is 31.8. The third-order valence-electron chi connectivity index (χ3n) is 10.00. The summed E-state index contributed by atoms with van der Waals surface area (Å²) < 4.78 is 8.59. The van der Waals surface area contributed by atoms with Crippen LogP contribution in [0.1, 0.15) is 29.2 Å². The van der Waals surface area contributed by atoms with Gasteiger partial charge < -0.3 is 4.42 Å². The molecule has 0 fully saturated rings. The summed E-state index contributed by atoms with van der Waals surface area (Å²) in [6.45, 7) is 10.2. The summed E-state index contributed by atoms with van der Waals surface area (Å²) in [7, 11) is 0. The second-order valence-electron chi connectivity index (χ2n) is 13.7. The van der Waals surface area contributed by atoms with E-state index in [1.54, 1.807) is 11.3 Å². The number of amidine groups is 2. The Labute approximate surface area is 340 Å². The first-order chi connectivity index (χ1) is 28.6. The number of allylic oxidation sites excluding steroid dienone is 5. The van der Waals surface area contributed by atoms with Crippen molar-refractivity contribution in [3.8, 4) is 22.6 Å². The van der Waals surface area contributed by atoms with Crippen molar-refractivity contribution in [1.29, 1.82) is 0 Å². The van der Waals surface area contributed by atoms with Crippen molar-refractivity contribution < 1.29 is 4.42 Å². The largest absolute Gasteiger partial charge is 0.452 e. The van der Waals surface area contributed by atoms with Crippen LogP contribution in [0.3, 0.4) is 0 Å². The number of hydrogen-bond acceptors (Lipinski definition) is 5. The predicted octanol–water partition coefficient (Wildman–Crippen LogP) is 13.3. The molecule has 0 atom stereocenters. The summed E-state index contributed by atoms with van der Waals surface area (Å²) in [4.78, 5) is 24.9. The Balaban J connectivity index is 1.17. The van der Waals surface area contributed by atoms with E-state index in [-0.39, 0.29) is 0 Å². The van der Waals surface area contributed by atoms with E-state index in [1.165, 1.54) is 0 Å². The molecule has 3 heterocycles. The fourth-order valence-electron chi connectivity index (χ4n) is 7.25. The molecule has 0 aliphatic rings. The smallest absolute Gasteiger partial charge is 0.180 e. The maximum Gasteiger partial charge on any atom is 0.180 e. The van der Waals surface area contributed by atoms with Crippen molar-refractivity contribution in [3.05, 3.63) is 199 Å². The Bertz CT molecular complexity index is 3120. The molecule has 0 amide bonds. The molecule has 0 saturated carbocycles. The molecule has 0 radical (unpaired) electrons. The zero-order chi connectivity index (χ0) is 39.4. The van der Waals surface area contributed by atoms with Crippen LogP contribution in [-0.2, 0) is 6.54 Å². The second kappa shape index (κ2) is 16.0. The lowest BCUT2D eigenvalue weighted by atomic mass is 10.0. The highest BCUT2D eigenvalue weighted by molar-refractivity contribution is 7.26. The zero-order valence-corrected chi connectivity index (χ0v) is 32.7. The lowest BCUT2D eigenvalue weighted by Crippen LogP contribution is -2.06. The average molecular weight is 768 g/mol. The van der Waals surface area contributed by atoms with Gasteiger partial charge in [0.2, 0.25) is 0 Å². The standard InChI is InChI=1S/C51H37N5OS/c1-4-15-34(16-5-2)35-27-25-33(26-28-35)32-53-51(56-49(52-3)37-19-10-7-11-20-37)41-22-14-24-43-45(41)40-30-29-38(31-44(40)58-43)50-54-46(36-17-8-6-9-18-36)48-47(55-50)39-21-12-13-23-42(39)57-48/h4-31H,1,3,32H2,2H3/b16-5-,34-15+,53-51?,56-49?. The molecule has 58 heavy (non-hydrogen) atoms. The Kier molecular flexibility index (Phi) is 10.0. The fraction of sp³-hybridized carbons (Fsp3) is 0.0392. The summed E-state index contributed by atoms with van der Waals surface area (Å²) in [5.41, 5.74) is 9.97. The van der Waals surface area contributed by atoms with Crippen LogP contribution in [0, 0.1) is 0 Å². The molecule has 0 aliphatic carbocycles. The van der Waals surface area contributed by atoms with Gasteiger partial charge >= 0.3 is 0 Å². The van der Waals surface area contributed by atoms with Gasteiger partial charge in [0, 0.05) is 47.8 Å². The molecule has 278 valence electrons. The number of thiophene rings is 1. The van der Waals surface area contributed by atoms with Crippen LogP contribution in [0.2, 0.25) is 0 Å². The molecule has 0 unspecified atom stereocenters. The maximum atomic E-state index is 6.36. The van der Waals surface area contributed by atoms with Gasteiger partial charge in [0.25, 0.3) is 0 Å². The van der Waals surface area contributed by atoms with Gasteiger partial charge in [0.05, 0.1) is 6.54 Å². The molecule has 9 rings (SSSR count). The second-order valence-corrected chi connectivity index (χ2v) is 14.8. The molecule has 0 aliphatic heterocycles. The lowest BCUT2D eigenvalue weighted by Gasteiger charge is -2.09. The van der Waals surface area contributed by atoms with Crippen molar-refractivity contribution >= 4 is 77.5 Å². The molecule has 0 N–H and O–H groups in total. The van der Waals surface area contributed by atoms with E-state index >= 15 is 0 Å². The number of aromatic nitrogens is 2. The summed E-state index contributed by atoms with van der Waals surface area (Å²) in [5.74, 6) is 1.73. The van der Waals surface area contributed by atoms with Crippen LogP contribution in [0.25, 0.3) is 70.5 Å². The topological polar surface area (TPSA) is 76.0 Å². The van der Waals surface area contributed by atoms with Gasteiger partial charge in [0.1, 0.15) is 16.8 Å². The molecule has 6 nitrogen and oxygen atoms in total. The van der Waals surface area contributed by atoms with E-state index in [9.17, 15) is 0 Å². The predicted molar refractivity (Wildman–Crippen MR) is 245 cm³/mol. The van der Waals surface area contributed by atoms with Crippen molar-refractivity contribution in [2.75, 3.05) is 0 Å². The van der Waals surface area contributed by atoms with E-state index in [2.05, 4.69) is 97.2 Å². The van der Waals surface area contributed by atoms with Crippen molar-refractivity contribution in [2.24, 2.45) is 15.0 Å². The molecule has 0 bridgehead atoms. The van der Waals surface area contributed by atoms with Gasteiger partial charge in [-0.3, -0.25) is 4.99 Å². The molecule has 7 heteroatoms. The van der Waals surface area contributed by atoms with Crippen LogP contribution in [-0.4, -0.2) is 28.4 Å². The minimum atomic E-state index is 0.428. The highest BCUT2D eigenvalue weighted by atomic mass is 32.1. The average Bonchev–Trinajstić information content (AvgIpc) is 3.85. The van der Waals surface area contributed by atoms with Crippen molar-refractivity contribution in [1.82, 2.24) is 9.97 Å². The number of hydrogen-bond donors (Lipinski definition) is 0. The van der Waals surface area contributed by atoms with Crippen molar-refractivity contribution in [2.45, 2.75) is 13.5 Å². The Morgan fingerprint density at radius 3 is 2.28 bits per heavy atom. The number of furan rings is 1. The first-order valence-corrected chi connectivity index (χ1v) is 19.8. The lowest BCUT2D eigenvalue weighted by molar-refractivity contribution is 0.667. The van der Waals surface area contributed by atoms with Crippen molar-refractivity contribution in [3.63, 3.8) is 0 Å². The highest BCUT2D eigenvalue weighted by Crippen LogP contribution is 2.40. The first kappa shape index (κ1) is 36.3. The van der Waals surface area contributed by atoms with E-state index in [4.69, 9.17) is 24.4 Å². The summed E-state index contributed by atoms with van der Waals surface area (Å²) in [6.07, 6.45) is 7.93. The van der Waals surface area contributed by atoms with Gasteiger partial charge in [-0.1, -0.05) is 152 Å². The van der Waals surface area contributed by atoms with Gasteiger partial charge in [-0.05, 0) is 54.6 Å². The Morgan fingerprint density at radius 1 is 0.724 bits per heavy atom. The van der Waals surface area contributed by atoms with Gasteiger partial charge in [-0.25, -0.2) is 20.0 Å². The number of nitrogens with zero attached hydrogens (tertiary/aromatic N) is 5. The van der Waals surface area contributed by atoms with Crippen LogP contribution in [0.15, 0.2) is 196 Å². The van der Waals surface area contributed by atoms with Crippen LogP contribution in [0.4, 0.5) is 0 Å². The minimum Gasteiger partial charge on any atom is -0.452 e. The summed E-state index contributed by atoms with van der Waals surface area (Å²) >= 11 is 1.73. The number of fused-ring (bicyclic) bond motifs is 6. The maximum absolute atomic E-state index is 6.36. The number of benzene rings is 6. The van der Waals surface area contributed by atoms with Gasteiger partial charge in [-0.2, -0.15) is 0 Å². The Morgan fingerprint density at radius 2 is 1.50 bits per heavy atom. The van der Waals surface area contributed by atoms with Crippen LogP contribution in [0.5, 0.6) is 0 Å². The van der Waals surface area contributed by atoms with Gasteiger partial charge in [-0.15, -0.1) is 11.3 Å². The monoisotopic (exact) mass is 767 g/mol. The summed E-state index contributed by atoms with van der Waals surface area (Å²) in [6, 6.07) is 49.3. The number of para-hydroxylation sites is 1. The van der Waals surface area contributed by atoms with Gasteiger partial charge in [0.15, 0.2) is 23.1 Å². The molecule has 6 aromatic carbocycles. The minimum absolute atomic E-state index is 0.428. The quantitative estimate of drug-likeness (QED) is 0.0834. The third kappa shape index (κ3) is 7.00. The number of rotatable bonds is 9. The Hall–Kier alpha value is -7.35. The molecular formula is C51H37N5OS.